The van der Waals surface area contributed by atoms with Crippen LogP contribution in [-0.2, 0) is 6.42 Å². The molecule has 0 fully saturated rings. The van der Waals surface area contributed by atoms with Gasteiger partial charge >= 0.3 is 0 Å². The summed E-state index contributed by atoms with van der Waals surface area (Å²) in [6.07, 6.45) is 4.35. The maximum Gasteiger partial charge on any atom is 0.0896 e. The van der Waals surface area contributed by atoms with Crippen molar-refractivity contribution in [1.29, 1.82) is 0 Å². The molecule has 1 unspecified atom stereocenters. The Morgan fingerprint density at radius 1 is 1.40 bits per heavy atom. The van der Waals surface area contributed by atoms with Crippen LogP contribution in [0.25, 0.3) is 0 Å². The molecule has 0 aliphatic rings. The zero-order valence-corrected chi connectivity index (χ0v) is 11.0. The molecule has 1 N–H and O–H groups in total. The minimum Gasteiger partial charge on any atom is -0.314 e. The number of aromatic nitrogens is 1. The molecular formula is C12H22N2S. The van der Waals surface area contributed by atoms with Crippen LogP contribution in [0.15, 0.2) is 6.20 Å². The lowest BCUT2D eigenvalue weighted by Gasteiger charge is -2.15. The molecule has 1 heterocycles. The lowest BCUT2D eigenvalue weighted by atomic mass is 10.1. The molecule has 15 heavy (non-hydrogen) atoms. The van der Waals surface area contributed by atoms with Gasteiger partial charge in [-0.2, -0.15) is 0 Å². The molecule has 1 atom stereocenters. The first-order chi connectivity index (χ1) is 7.08. The van der Waals surface area contributed by atoms with Gasteiger partial charge in [-0.15, -0.1) is 11.3 Å². The van der Waals surface area contributed by atoms with E-state index < -0.39 is 0 Å². The quantitative estimate of drug-likeness (QED) is 0.806. The van der Waals surface area contributed by atoms with E-state index in [1.165, 1.54) is 16.3 Å². The van der Waals surface area contributed by atoms with E-state index in [1.807, 2.05) is 6.20 Å². The van der Waals surface area contributed by atoms with E-state index in [0.717, 1.165) is 18.9 Å². The smallest absolute Gasteiger partial charge is 0.0896 e. The first-order valence-corrected chi connectivity index (χ1v) is 6.54. The van der Waals surface area contributed by atoms with Crippen molar-refractivity contribution in [2.75, 3.05) is 6.54 Å². The van der Waals surface area contributed by atoms with Crippen molar-refractivity contribution in [3.8, 4) is 0 Å². The van der Waals surface area contributed by atoms with Crippen LogP contribution in [-0.4, -0.2) is 17.6 Å². The second-order valence-corrected chi connectivity index (χ2v) is 5.90. The highest BCUT2D eigenvalue weighted by atomic mass is 32.1. The van der Waals surface area contributed by atoms with Crippen LogP contribution in [0.1, 0.15) is 37.1 Å². The van der Waals surface area contributed by atoms with E-state index in [0.29, 0.717) is 6.04 Å². The molecule has 0 saturated heterocycles. The summed E-state index contributed by atoms with van der Waals surface area (Å²) in [6, 6.07) is 0.624. The van der Waals surface area contributed by atoms with Gasteiger partial charge in [0.05, 0.1) is 5.01 Å². The standard InChI is InChI=1S/C12H22N2S/c1-9(2)7-10(3)13-6-5-12-8-14-11(4)15-12/h8-10,13H,5-7H2,1-4H3. The van der Waals surface area contributed by atoms with E-state index in [1.54, 1.807) is 11.3 Å². The van der Waals surface area contributed by atoms with E-state index in [9.17, 15) is 0 Å². The van der Waals surface area contributed by atoms with Crippen LogP contribution >= 0.6 is 11.3 Å². The Morgan fingerprint density at radius 3 is 2.67 bits per heavy atom. The van der Waals surface area contributed by atoms with Crippen LogP contribution in [0.5, 0.6) is 0 Å². The fourth-order valence-electron chi connectivity index (χ4n) is 1.75. The van der Waals surface area contributed by atoms with E-state index in [2.05, 4.69) is 38.0 Å². The Kier molecular flexibility index (Phi) is 5.26. The fourth-order valence-corrected chi connectivity index (χ4v) is 2.55. The van der Waals surface area contributed by atoms with Gasteiger partial charge in [0.15, 0.2) is 0 Å². The first kappa shape index (κ1) is 12.7. The Labute approximate surface area is 97.1 Å². The zero-order valence-electron chi connectivity index (χ0n) is 10.2. The highest BCUT2D eigenvalue weighted by molar-refractivity contribution is 7.11. The molecule has 1 rings (SSSR count). The molecule has 3 heteroatoms. The summed E-state index contributed by atoms with van der Waals surface area (Å²) in [5.41, 5.74) is 0. The number of hydrogen-bond donors (Lipinski definition) is 1. The van der Waals surface area contributed by atoms with Gasteiger partial charge in [0.25, 0.3) is 0 Å². The third-order valence-electron chi connectivity index (χ3n) is 2.36. The average Bonchev–Trinajstić information content (AvgIpc) is 2.50. The molecule has 86 valence electrons. The third kappa shape index (κ3) is 5.28. The van der Waals surface area contributed by atoms with Gasteiger partial charge in [0.1, 0.15) is 0 Å². The maximum atomic E-state index is 4.25. The molecular weight excluding hydrogens is 204 g/mol. The highest BCUT2D eigenvalue weighted by Crippen LogP contribution is 2.11. The number of nitrogens with zero attached hydrogens (tertiary/aromatic N) is 1. The molecule has 0 spiro atoms. The van der Waals surface area contributed by atoms with Gasteiger partial charge in [-0.25, -0.2) is 4.98 Å². The molecule has 1 aromatic heterocycles. The van der Waals surface area contributed by atoms with Crippen LogP contribution < -0.4 is 5.32 Å². The second kappa shape index (κ2) is 6.23. The van der Waals surface area contributed by atoms with E-state index in [-0.39, 0.29) is 0 Å². The molecule has 0 saturated carbocycles. The number of aryl methyl sites for hydroxylation is 1. The van der Waals surface area contributed by atoms with Crippen LogP contribution in [0.4, 0.5) is 0 Å². The average molecular weight is 226 g/mol. The SMILES string of the molecule is Cc1ncc(CCNC(C)CC(C)C)s1. The summed E-state index contributed by atoms with van der Waals surface area (Å²) in [6.45, 7) is 9.92. The Hall–Kier alpha value is -0.410. The van der Waals surface area contributed by atoms with Gasteiger partial charge in [0, 0.05) is 23.7 Å². The summed E-state index contributed by atoms with van der Waals surface area (Å²) in [7, 11) is 0. The third-order valence-corrected chi connectivity index (χ3v) is 3.33. The largest absolute Gasteiger partial charge is 0.314 e. The summed E-state index contributed by atoms with van der Waals surface area (Å²) in [5.74, 6) is 0.776. The van der Waals surface area contributed by atoms with E-state index >= 15 is 0 Å². The minimum atomic E-state index is 0.624. The van der Waals surface area contributed by atoms with Crippen molar-refractivity contribution in [2.24, 2.45) is 5.92 Å². The Bertz CT molecular complexity index is 281. The monoisotopic (exact) mass is 226 g/mol. The number of hydrogen-bond acceptors (Lipinski definition) is 3. The predicted octanol–water partition coefficient (Wildman–Crippen LogP) is 3.02. The van der Waals surface area contributed by atoms with Crippen LogP contribution in [0.3, 0.4) is 0 Å². The van der Waals surface area contributed by atoms with Crippen molar-refractivity contribution in [3.05, 3.63) is 16.1 Å². The van der Waals surface area contributed by atoms with Crippen LogP contribution in [0, 0.1) is 12.8 Å². The summed E-state index contributed by atoms with van der Waals surface area (Å²) >= 11 is 1.80. The van der Waals surface area contributed by atoms with Crippen molar-refractivity contribution in [3.63, 3.8) is 0 Å². The summed E-state index contributed by atoms with van der Waals surface area (Å²) in [4.78, 5) is 5.64. The molecule has 0 amide bonds. The topological polar surface area (TPSA) is 24.9 Å². The maximum absolute atomic E-state index is 4.25. The second-order valence-electron chi connectivity index (χ2n) is 4.58. The molecule has 0 aliphatic heterocycles. The van der Waals surface area contributed by atoms with Crippen molar-refractivity contribution in [1.82, 2.24) is 10.3 Å². The molecule has 0 bridgehead atoms. The number of nitrogens with one attached hydrogen (secondary N) is 1. The first-order valence-electron chi connectivity index (χ1n) is 5.72. The van der Waals surface area contributed by atoms with Crippen LogP contribution in [0.2, 0.25) is 0 Å². The predicted molar refractivity (Wildman–Crippen MR) is 67.5 cm³/mol. The molecule has 0 aromatic carbocycles. The molecule has 0 aliphatic carbocycles. The van der Waals surface area contributed by atoms with Gasteiger partial charge < -0.3 is 5.32 Å². The molecule has 0 radical (unpaired) electrons. The van der Waals surface area contributed by atoms with E-state index in [4.69, 9.17) is 0 Å². The van der Waals surface area contributed by atoms with Crippen molar-refractivity contribution >= 4 is 11.3 Å². The van der Waals surface area contributed by atoms with Gasteiger partial charge in [0.2, 0.25) is 0 Å². The summed E-state index contributed by atoms with van der Waals surface area (Å²) < 4.78 is 0. The number of rotatable bonds is 6. The van der Waals surface area contributed by atoms with Gasteiger partial charge in [-0.05, 0) is 32.6 Å². The Balaban J connectivity index is 2.16. The Morgan fingerprint density at radius 2 is 2.13 bits per heavy atom. The molecule has 2 nitrogen and oxygen atoms in total. The van der Waals surface area contributed by atoms with Crippen molar-refractivity contribution < 1.29 is 0 Å². The number of thiazole rings is 1. The summed E-state index contributed by atoms with van der Waals surface area (Å²) in [5, 5.41) is 4.72. The normalized spacial score (nSPS) is 13.4. The minimum absolute atomic E-state index is 0.624. The molecule has 1 aromatic rings. The lowest BCUT2D eigenvalue weighted by Crippen LogP contribution is -2.29. The van der Waals surface area contributed by atoms with Gasteiger partial charge in [-0.3, -0.25) is 0 Å². The zero-order chi connectivity index (χ0) is 11.3. The highest BCUT2D eigenvalue weighted by Gasteiger charge is 2.04. The lowest BCUT2D eigenvalue weighted by molar-refractivity contribution is 0.445. The van der Waals surface area contributed by atoms with Crippen molar-refractivity contribution in [2.45, 2.75) is 46.6 Å². The van der Waals surface area contributed by atoms with Gasteiger partial charge in [-0.1, -0.05) is 13.8 Å². The fraction of sp³-hybridized carbons (Fsp3) is 0.750.